The standard InChI is InChI=1S/C13H13Cl3N4O/c14-8-10(17)9(15)12(16)19-11(8)13(21)20-18-6-7-4-2-1-3-5-7/h1-2,6-7H,3-5H2,(H2,17,19)(H,20,21)/p+1/b18-6+/t7-/m0/s1. The summed E-state index contributed by atoms with van der Waals surface area (Å²) in [6, 6.07) is 0. The summed E-state index contributed by atoms with van der Waals surface area (Å²) < 4.78 is 0. The SMILES string of the molecule is Nc1c(Cl)c(Cl)[nH+]c(C(=O)N/N=C/[C@H]2CC=CCC2)c1Cl. The molecular formula is C13H14Cl3N4O+. The van der Waals surface area contributed by atoms with Gasteiger partial charge in [-0.2, -0.15) is 10.1 Å². The van der Waals surface area contributed by atoms with Gasteiger partial charge in [0.2, 0.25) is 0 Å². The number of allylic oxidation sites excluding steroid dienone is 2. The number of nitrogen functional groups attached to an aromatic ring is 1. The van der Waals surface area contributed by atoms with Crippen molar-refractivity contribution in [3.63, 3.8) is 0 Å². The molecule has 1 aromatic rings. The molecule has 1 amide bonds. The number of nitrogens with one attached hydrogen (secondary N) is 2. The summed E-state index contributed by atoms with van der Waals surface area (Å²) >= 11 is 17.6. The third-order valence-corrected chi connectivity index (χ3v) is 4.27. The lowest BCUT2D eigenvalue weighted by Gasteiger charge is -2.11. The number of amides is 1. The Kier molecular flexibility index (Phi) is 5.45. The fraction of sp³-hybridized carbons (Fsp3) is 0.308. The fourth-order valence-corrected chi connectivity index (χ4v) is 2.55. The zero-order chi connectivity index (χ0) is 15.4. The summed E-state index contributed by atoms with van der Waals surface area (Å²) in [7, 11) is 0. The van der Waals surface area contributed by atoms with Crippen molar-refractivity contribution >= 4 is 52.6 Å². The highest BCUT2D eigenvalue weighted by molar-refractivity contribution is 6.45. The lowest BCUT2D eigenvalue weighted by atomic mass is 9.96. The number of pyridine rings is 1. The lowest BCUT2D eigenvalue weighted by Crippen LogP contribution is -2.28. The molecule has 1 heterocycles. The first kappa shape index (κ1) is 16.1. The summed E-state index contributed by atoms with van der Waals surface area (Å²) in [4.78, 5) is 14.6. The van der Waals surface area contributed by atoms with Crippen molar-refractivity contribution in [1.29, 1.82) is 0 Å². The molecular weight excluding hydrogens is 335 g/mol. The fourth-order valence-electron chi connectivity index (χ4n) is 1.93. The maximum atomic E-state index is 12.0. The molecule has 0 unspecified atom stereocenters. The van der Waals surface area contributed by atoms with Crippen LogP contribution in [-0.2, 0) is 0 Å². The molecule has 8 heteroatoms. The Morgan fingerprint density at radius 3 is 2.81 bits per heavy atom. The predicted molar refractivity (Wildman–Crippen MR) is 84.9 cm³/mol. The largest absolute Gasteiger partial charge is 0.396 e. The maximum absolute atomic E-state index is 12.0. The summed E-state index contributed by atoms with van der Waals surface area (Å²) in [5.74, 6) is -0.207. The zero-order valence-electron chi connectivity index (χ0n) is 11.0. The Morgan fingerprint density at radius 2 is 2.14 bits per heavy atom. The van der Waals surface area contributed by atoms with E-state index in [2.05, 4.69) is 27.7 Å². The van der Waals surface area contributed by atoms with Crippen LogP contribution in [0, 0.1) is 5.92 Å². The highest BCUT2D eigenvalue weighted by atomic mass is 35.5. The highest BCUT2D eigenvalue weighted by Crippen LogP contribution is 2.31. The van der Waals surface area contributed by atoms with Crippen LogP contribution in [0.15, 0.2) is 17.3 Å². The van der Waals surface area contributed by atoms with Gasteiger partial charge < -0.3 is 5.73 Å². The highest BCUT2D eigenvalue weighted by Gasteiger charge is 2.25. The van der Waals surface area contributed by atoms with E-state index in [1.54, 1.807) is 6.21 Å². The number of H-pyrrole nitrogens is 1. The van der Waals surface area contributed by atoms with E-state index in [4.69, 9.17) is 40.5 Å². The average molecular weight is 349 g/mol. The van der Waals surface area contributed by atoms with Gasteiger partial charge in [0.05, 0.1) is 5.69 Å². The van der Waals surface area contributed by atoms with Gasteiger partial charge >= 0.3 is 5.91 Å². The number of anilines is 1. The summed E-state index contributed by atoms with van der Waals surface area (Å²) in [6.45, 7) is 0. The third-order valence-electron chi connectivity index (χ3n) is 3.11. The molecule has 112 valence electrons. The Balaban J connectivity index is 2.07. The van der Waals surface area contributed by atoms with E-state index < -0.39 is 5.91 Å². The number of rotatable bonds is 3. The topological polar surface area (TPSA) is 81.6 Å². The normalized spacial score (nSPS) is 18.1. The van der Waals surface area contributed by atoms with Crippen molar-refractivity contribution in [3.05, 3.63) is 33.0 Å². The molecule has 21 heavy (non-hydrogen) atoms. The van der Waals surface area contributed by atoms with Gasteiger partial charge in [-0.1, -0.05) is 35.4 Å². The number of carbonyl (C=O) groups excluding carboxylic acids is 1. The number of aromatic amines is 1. The van der Waals surface area contributed by atoms with E-state index >= 15 is 0 Å². The first-order chi connectivity index (χ1) is 10.0. The molecule has 0 radical (unpaired) electrons. The molecule has 0 saturated heterocycles. The molecule has 0 aliphatic heterocycles. The van der Waals surface area contributed by atoms with Gasteiger partial charge in [-0.25, -0.2) is 5.43 Å². The van der Waals surface area contributed by atoms with Crippen LogP contribution in [0.2, 0.25) is 15.2 Å². The predicted octanol–water partition coefficient (Wildman–Crippen LogP) is 3.12. The molecule has 1 atom stereocenters. The number of nitrogens with zero attached hydrogens (tertiary/aromatic N) is 1. The van der Waals surface area contributed by atoms with E-state index in [-0.39, 0.29) is 26.6 Å². The van der Waals surface area contributed by atoms with Crippen LogP contribution in [-0.4, -0.2) is 12.1 Å². The van der Waals surface area contributed by atoms with Crippen molar-refractivity contribution in [1.82, 2.24) is 5.43 Å². The zero-order valence-corrected chi connectivity index (χ0v) is 13.3. The van der Waals surface area contributed by atoms with Gasteiger partial charge in [0.15, 0.2) is 0 Å². The second kappa shape index (κ2) is 7.11. The molecule has 1 aliphatic carbocycles. The molecule has 0 fully saturated rings. The van der Waals surface area contributed by atoms with E-state index in [0.29, 0.717) is 5.92 Å². The second-order valence-electron chi connectivity index (χ2n) is 4.62. The van der Waals surface area contributed by atoms with E-state index in [1.165, 1.54) is 0 Å². The van der Waals surface area contributed by atoms with Crippen LogP contribution < -0.4 is 16.1 Å². The van der Waals surface area contributed by atoms with Crippen LogP contribution in [0.3, 0.4) is 0 Å². The number of hydrogen-bond acceptors (Lipinski definition) is 3. The number of carbonyl (C=O) groups is 1. The monoisotopic (exact) mass is 347 g/mol. The quantitative estimate of drug-likeness (QED) is 0.381. The minimum atomic E-state index is -0.534. The van der Waals surface area contributed by atoms with Crippen LogP contribution in [0.25, 0.3) is 0 Å². The molecule has 0 spiro atoms. The third kappa shape index (κ3) is 3.87. The van der Waals surface area contributed by atoms with Gasteiger partial charge in [0, 0.05) is 6.21 Å². The van der Waals surface area contributed by atoms with Gasteiger partial charge in [-0.3, -0.25) is 4.79 Å². The van der Waals surface area contributed by atoms with Gasteiger partial charge in [-0.15, -0.1) is 0 Å². The molecule has 0 bridgehead atoms. The van der Waals surface area contributed by atoms with Crippen LogP contribution >= 0.6 is 34.8 Å². The molecule has 0 aromatic carbocycles. The number of aromatic nitrogens is 1. The van der Waals surface area contributed by atoms with Gasteiger partial charge in [0.25, 0.3) is 10.8 Å². The van der Waals surface area contributed by atoms with Crippen molar-refractivity contribution in [2.45, 2.75) is 19.3 Å². The maximum Gasteiger partial charge on any atom is 0.337 e. The van der Waals surface area contributed by atoms with E-state index in [9.17, 15) is 4.79 Å². The van der Waals surface area contributed by atoms with Crippen LogP contribution in [0.5, 0.6) is 0 Å². The number of hydrogen-bond donors (Lipinski definition) is 2. The molecule has 4 N–H and O–H groups in total. The number of hydrazone groups is 1. The van der Waals surface area contributed by atoms with Crippen molar-refractivity contribution in [2.24, 2.45) is 11.0 Å². The number of nitrogens with two attached hydrogens (primary N) is 1. The summed E-state index contributed by atoms with van der Waals surface area (Å²) in [5.41, 5.74) is 8.13. The van der Waals surface area contributed by atoms with Crippen molar-refractivity contribution < 1.29 is 9.78 Å². The van der Waals surface area contributed by atoms with Gasteiger partial charge in [0.1, 0.15) is 10.0 Å². The second-order valence-corrected chi connectivity index (χ2v) is 5.75. The van der Waals surface area contributed by atoms with Crippen molar-refractivity contribution in [2.75, 3.05) is 5.73 Å². The average Bonchev–Trinajstić information content (AvgIpc) is 2.49. The van der Waals surface area contributed by atoms with E-state index in [0.717, 1.165) is 19.3 Å². The minimum Gasteiger partial charge on any atom is -0.396 e. The molecule has 2 rings (SSSR count). The van der Waals surface area contributed by atoms with Crippen molar-refractivity contribution in [3.8, 4) is 0 Å². The van der Waals surface area contributed by atoms with Gasteiger partial charge in [-0.05, 0) is 36.8 Å². The number of halogens is 3. The summed E-state index contributed by atoms with van der Waals surface area (Å²) in [5, 5.41) is 4.08. The lowest BCUT2D eigenvalue weighted by molar-refractivity contribution is -0.379. The van der Waals surface area contributed by atoms with Crippen LogP contribution in [0.1, 0.15) is 29.8 Å². The molecule has 1 aliphatic rings. The minimum absolute atomic E-state index is 0.0118. The first-order valence-electron chi connectivity index (χ1n) is 6.34. The Bertz CT molecular complexity index is 616. The molecule has 5 nitrogen and oxygen atoms in total. The Labute approximate surface area is 137 Å². The summed E-state index contributed by atoms with van der Waals surface area (Å²) in [6.07, 6.45) is 8.92. The Morgan fingerprint density at radius 1 is 1.38 bits per heavy atom. The molecule has 1 aromatic heterocycles. The van der Waals surface area contributed by atoms with E-state index in [1.807, 2.05) is 0 Å². The molecule has 0 saturated carbocycles. The Hall–Kier alpha value is -1.30. The van der Waals surface area contributed by atoms with Crippen LogP contribution in [0.4, 0.5) is 5.69 Å². The first-order valence-corrected chi connectivity index (χ1v) is 7.48. The smallest absolute Gasteiger partial charge is 0.337 e.